The molecule has 0 fully saturated rings. The average molecular weight is 173 g/mol. The van der Waals surface area contributed by atoms with Crippen LogP contribution in [0.3, 0.4) is 0 Å². The van der Waals surface area contributed by atoms with Crippen molar-refractivity contribution in [3.8, 4) is 5.75 Å². The van der Waals surface area contributed by atoms with Crippen molar-refractivity contribution in [2.75, 3.05) is 7.11 Å². The van der Waals surface area contributed by atoms with Gasteiger partial charge in [-0.15, -0.1) is 0 Å². The number of methoxy groups -OCH3 is 1. The van der Waals surface area contributed by atoms with E-state index in [4.69, 9.17) is 16.3 Å². The van der Waals surface area contributed by atoms with Crippen LogP contribution in [-0.4, -0.2) is 17.1 Å². The first-order chi connectivity index (χ1) is 5.15. The normalized spacial score (nSPS) is 9.82. The summed E-state index contributed by atoms with van der Waals surface area (Å²) in [7, 11) is 1.59. The molecule has 0 amide bonds. The van der Waals surface area contributed by atoms with Crippen LogP contribution in [0.4, 0.5) is 0 Å². The van der Waals surface area contributed by atoms with Gasteiger partial charge in [0.25, 0.3) is 0 Å². The van der Waals surface area contributed by atoms with Crippen molar-refractivity contribution in [3.05, 3.63) is 16.7 Å². The number of nitrogens with zero attached hydrogens (tertiary/aromatic N) is 2. The third-order valence-electron chi connectivity index (χ3n) is 1.38. The third-order valence-corrected chi connectivity index (χ3v) is 1.55. The topological polar surface area (TPSA) is 35.0 Å². The highest BCUT2D eigenvalue weighted by atomic mass is 35.5. The molecule has 1 heterocycles. The van der Waals surface area contributed by atoms with E-state index >= 15 is 0 Å². The molecule has 1 aromatic rings. The van der Waals surface area contributed by atoms with Crippen molar-refractivity contribution in [1.82, 2.24) is 9.97 Å². The number of halogens is 1. The predicted octanol–water partition coefficient (Wildman–Crippen LogP) is 1.76. The lowest BCUT2D eigenvalue weighted by Crippen LogP contribution is -1.97. The molecule has 0 saturated heterocycles. The summed E-state index contributed by atoms with van der Waals surface area (Å²) in [6.45, 7) is 3.67. The zero-order valence-corrected chi connectivity index (χ0v) is 7.44. The second-order valence-corrected chi connectivity index (χ2v) is 2.53. The maximum Gasteiger partial charge on any atom is 0.223 e. The first kappa shape index (κ1) is 8.27. The monoisotopic (exact) mass is 172 g/mol. The Labute approximate surface area is 70.4 Å². The molecule has 11 heavy (non-hydrogen) atoms. The van der Waals surface area contributed by atoms with Gasteiger partial charge in [0.15, 0.2) is 5.75 Å². The first-order valence-corrected chi connectivity index (χ1v) is 3.57. The van der Waals surface area contributed by atoms with E-state index in [1.54, 1.807) is 7.11 Å². The Morgan fingerprint density at radius 1 is 1.18 bits per heavy atom. The molecule has 1 rings (SSSR count). The Hall–Kier alpha value is -0.830. The fourth-order valence-electron chi connectivity index (χ4n) is 0.961. The number of aryl methyl sites for hydroxylation is 2. The summed E-state index contributed by atoms with van der Waals surface area (Å²) < 4.78 is 5.05. The number of aromatic nitrogens is 2. The number of ether oxygens (including phenoxy) is 1. The average Bonchev–Trinajstić information content (AvgIpc) is 1.85. The van der Waals surface area contributed by atoms with Gasteiger partial charge in [-0.25, -0.2) is 9.97 Å². The van der Waals surface area contributed by atoms with Gasteiger partial charge >= 0.3 is 0 Å². The second-order valence-electron chi connectivity index (χ2n) is 2.20. The lowest BCUT2D eigenvalue weighted by atomic mass is 10.3. The Morgan fingerprint density at radius 3 is 2.00 bits per heavy atom. The lowest BCUT2D eigenvalue weighted by molar-refractivity contribution is 0.403. The Bertz CT molecular complexity index is 252. The van der Waals surface area contributed by atoms with Crippen molar-refractivity contribution in [2.45, 2.75) is 13.8 Å². The van der Waals surface area contributed by atoms with Gasteiger partial charge < -0.3 is 4.74 Å². The van der Waals surface area contributed by atoms with Crippen LogP contribution < -0.4 is 4.74 Å². The van der Waals surface area contributed by atoms with Crippen LogP contribution in [0.25, 0.3) is 0 Å². The van der Waals surface area contributed by atoms with Crippen molar-refractivity contribution < 1.29 is 4.74 Å². The summed E-state index contributed by atoms with van der Waals surface area (Å²) in [6, 6.07) is 0. The fourth-order valence-corrected chi connectivity index (χ4v) is 1.21. The van der Waals surface area contributed by atoms with Crippen molar-refractivity contribution in [3.63, 3.8) is 0 Å². The fraction of sp³-hybridized carbons (Fsp3) is 0.429. The minimum absolute atomic E-state index is 0.265. The van der Waals surface area contributed by atoms with Gasteiger partial charge in [0.2, 0.25) is 5.28 Å². The maximum atomic E-state index is 5.60. The highest BCUT2D eigenvalue weighted by Crippen LogP contribution is 2.19. The van der Waals surface area contributed by atoms with Crippen LogP contribution in [0.5, 0.6) is 5.75 Å². The third kappa shape index (κ3) is 1.60. The molecule has 0 spiro atoms. The maximum absolute atomic E-state index is 5.60. The van der Waals surface area contributed by atoms with E-state index in [1.165, 1.54) is 0 Å². The van der Waals surface area contributed by atoms with E-state index < -0.39 is 0 Å². The molecule has 3 nitrogen and oxygen atoms in total. The van der Waals surface area contributed by atoms with Crippen LogP contribution in [0, 0.1) is 13.8 Å². The van der Waals surface area contributed by atoms with Gasteiger partial charge in [-0.3, -0.25) is 0 Å². The molecule has 0 unspecified atom stereocenters. The minimum atomic E-state index is 0.265. The molecule has 4 heteroatoms. The van der Waals surface area contributed by atoms with E-state index in [0.29, 0.717) is 5.75 Å². The molecule has 0 bridgehead atoms. The quantitative estimate of drug-likeness (QED) is 0.606. The van der Waals surface area contributed by atoms with Crippen molar-refractivity contribution in [1.29, 1.82) is 0 Å². The van der Waals surface area contributed by atoms with Gasteiger partial charge in [-0.1, -0.05) is 0 Å². The second kappa shape index (κ2) is 3.05. The van der Waals surface area contributed by atoms with Gasteiger partial charge in [-0.2, -0.15) is 0 Å². The van der Waals surface area contributed by atoms with Gasteiger partial charge in [0, 0.05) is 0 Å². The summed E-state index contributed by atoms with van der Waals surface area (Å²) in [6.07, 6.45) is 0. The predicted molar refractivity (Wildman–Crippen MR) is 43.1 cm³/mol. The summed E-state index contributed by atoms with van der Waals surface area (Å²) in [5.74, 6) is 0.703. The van der Waals surface area contributed by atoms with Crippen LogP contribution >= 0.6 is 11.6 Å². The summed E-state index contributed by atoms with van der Waals surface area (Å²) in [5.41, 5.74) is 1.54. The molecule has 0 saturated carbocycles. The summed E-state index contributed by atoms with van der Waals surface area (Å²) in [5, 5.41) is 0.265. The molecule has 60 valence electrons. The molecule has 0 aliphatic carbocycles. The number of hydrogen-bond acceptors (Lipinski definition) is 3. The van der Waals surface area contributed by atoms with Crippen molar-refractivity contribution in [2.24, 2.45) is 0 Å². The zero-order chi connectivity index (χ0) is 8.43. The van der Waals surface area contributed by atoms with Gasteiger partial charge in [-0.05, 0) is 25.4 Å². The van der Waals surface area contributed by atoms with E-state index in [1.807, 2.05) is 13.8 Å². The Balaban J connectivity index is 3.25. The first-order valence-electron chi connectivity index (χ1n) is 3.20. The van der Waals surface area contributed by atoms with E-state index in [0.717, 1.165) is 11.4 Å². The standard InChI is InChI=1S/C7H9ClN2O/c1-4-6(11-3)5(2)10-7(8)9-4/h1-3H3. The summed E-state index contributed by atoms with van der Waals surface area (Å²) >= 11 is 5.60. The van der Waals surface area contributed by atoms with Gasteiger partial charge in [0.1, 0.15) is 0 Å². The van der Waals surface area contributed by atoms with E-state index in [-0.39, 0.29) is 5.28 Å². The lowest BCUT2D eigenvalue weighted by Gasteiger charge is -2.05. The molecular formula is C7H9ClN2O. The molecule has 0 radical (unpaired) electrons. The highest BCUT2D eigenvalue weighted by Gasteiger charge is 2.05. The Kier molecular flexibility index (Phi) is 2.29. The molecule has 0 aromatic carbocycles. The largest absolute Gasteiger partial charge is 0.493 e. The molecule has 0 N–H and O–H groups in total. The zero-order valence-electron chi connectivity index (χ0n) is 6.68. The highest BCUT2D eigenvalue weighted by molar-refractivity contribution is 6.28. The van der Waals surface area contributed by atoms with Crippen LogP contribution in [-0.2, 0) is 0 Å². The molecule has 0 aliphatic rings. The van der Waals surface area contributed by atoms with E-state index in [9.17, 15) is 0 Å². The number of hydrogen-bond donors (Lipinski definition) is 0. The molecule has 0 aliphatic heterocycles. The van der Waals surface area contributed by atoms with Gasteiger partial charge in [0.05, 0.1) is 18.5 Å². The van der Waals surface area contributed by atoms with Crippen molar-refractivity contribution >= 4 is 11.6 Å². The van der Waals surface area contributed by atoms with E-state index in [2.05, 4.69) is 9.97 Å². The Morgan fingerprint density at radius 2 is 1.64 bits per heavy atom. The molecular weight excluding hydrogens is 164 g/mol. The van der Waals surface area contributed by atoms with Crippen LogP contribution in [0.15, 0.2) is 0 Å². The molecule has 0 atom stereocenters. The van der Waals surface area contributed by atoms with Crippen LogP contribution in [0.2, 0.25) is 5.28 Å². The van der Waals surface area contributed by atoms with Crippen LogP contribution in [0.1, 0.15) is 11.4 Å². The minimum Gasteiger partial charge on any atom is -0.493 e. The molecule has 1 aromatic heterocycles. The SMILES string of the molecule is COc1c(C)nc(Cl)nc1C. The smallest absolute Gasteiger partial charge is 0.223 e. The summed E-state index contributed by atoms with van der Waals surface area (Å²) in [4.78, 5) is 7.87. The number of rotatable bonds is 1.